The molecule has 1 saturated heterocycles. The molecule has 0 aliphatic carbocycles. The van der Waals surface area contributed by atoms with Crippen molar-refractivity contribution in [3.8, 4) is 5.75 Å². The molecule has 0 radical (unpaired) electrons. The average molecular weight is 368 g/mol. The van der Waals surface area contributed by atoms with Gasteiger partial charge in [-0.1, -0.05) is 24.3 Å². The molecular weight excluding hydrogens is 348 g/mol. The van der Waals surface area contributed by atoms with Crippen molar-refractivity contribution in [1.82, 2.24) is 4.90 Å². The van der Waals surface area contributed by atoms with Crippen molar-refractivity contribution >= 4 is 29.4 Å². The lowest BCUT2D eigenvalue weighted by Gasteiger charge is -2.40. The molecule has 1 atom stereocenters. The number of benzene rings is 2. The van der Waals surface area contributed by atoms with Crippen LogP contribution in [0.3, 0.4) is 0 Å². The molecule has 2 aromatic rings. The number of imide groups is 1. The van der Waals surface area contributed by atoms with E-state index in [-0.39, 0.29) is 18.5 Å². The van der Waals surface area contributed by atoms with Crippen molar-refractivity contribution in [2.75, 3.05) is 12.0 Å². The molecule has 0 saturated carbocycles. The fourth-order valence-electron chi connectivity index (χ4n) is 3.58. The van der Waals surface area contributed by atoms with E-state index >= 15 is 0 Å². The summed E-state index contributed by atoms with van der Waals surface area (Å²) >= 11 is 1.65. The van der Waals surface area contributed by atoms with Crippen molar-refractivity contribution in [1.29, 1.82) is 0 Å². The van der Waals surface area contributed by atoms with E-state index in [1.54, 1.807) is 23.8 Å². The van der Waals surface area contributed by atoms with Crippen molar-refractivity contribution < 1.29 is 14.3 Å². The lowest BCUT2D eigenvalue weighted by Crippen LogP contribution is -2.51. The van der Waals surface area contributed by atoms with Crippen molar-refractivity contribution in [2.24, 2.45) is 0 Å². The molecular formula is C20H20N2O3S. The largest absolute Gasteiger partial charge is 0.497 e. The van der Waals surface area contributed by atoms with Crippen LogP contribution in [-0.4, -0.2) is 34.7 Å². The quantitative estimate of drug-likeness (QED) is 0.771. The Morgan fingerprint density at radius 1 is 1.08 bits per heavy atom. The zero-order valence-corrected chi connectivity index (χ0v) is 15.7. The van der Waals surface area contributed by atoms with Crippen LogP contribution < -0.4 is 9.64 Å². The summed E-state index contributed by atoms with van der Waals surface area (Å²) in [6.07, 6.45) is 0. The number of thioether (sulfide) groups is 1. The highest BCUT2D eigenvalue weighted by Crippen LogP contribution is 2.50. The van der Waals surface area contributed by atoms with E-state index in [4.69, 9.17) is 4.74 Å². The van der Waals surface area contributed by atoms with E-state index < -0.39 is 10.8 Å². The highest BCUT2D eigenvalue weighted by molar-refractivity contribution is 8.01. The Kier molecular flexibility index (Phi) is 3.95. The number of nitrogens with zero attached hydrogens (tertiary/aromatic N) is 2. The molecule has 5 nitrogen and oxygen atoms in total. The first-order valence-electron chi connectivity index (χ1n) is 8.48. The molecule has 0 aromatic heterocycles. The van der Waals surface area contributed by atoms with E-state index in [9.17, 15) is 9.59 Å². The minimum atomic E-state index is -0.492. The van der Waals surface area contributed by atoms with Gasteiger partial charge in [0.2, 0.25) is 0 Å². The number of carbonyl (C=O) groups is 2. The molecule has 4 rings (SSSR count). The smallest absolute Gasteiger partial charge is 0.332 e. The van der Waals surface area contributed by atoms with Crippen molar-refractivity contribution in [3.63, 3.8) is 0 Å². The van der Waals surface area contributed by atoms with Gasteiger partial charge in [-0.25, -0.2) is 4.79 Å². The normalized spacial score (nSPS) is 20.8. The van der Waals surface area contributed by atoms with E-state index in [0.29, 0.717) is 0 Å². The molecule has 134 valence electrons. The Morgan fingerprint density at radius 2 is 1.77 bits per heavy atom. The topological polar surface area (TPSA) is 49.9 Å². The Balaban J connectivity index is 1.69. The Labute approximate surface area is 156 Å². The van der Waals surface area contributed by atoms with Crippen LogP contribution in [0.2, 0.25) is 0 Å². The number of rotatable bonds is 3. The number of hydrogen-bond acceptors (Lipinski definition) is 4. The lowest BCUT2D eigenvalue weighted by atomic mass is 10.0. The minimum absolute atomic E-state index is 0.141. The average Bonchev–Trinajstić information content (AvgIpc) is 2.88. The minimum Gasteiger partial charge on any atom is -0.497 e. The molecule has 26 heavy (non-hydrogen) atoms. The van der Waals surface area contributed by atoms with Gasteiger partial charge in [0.15, 0.2) is 0 Å². The number of carbonyl (C=O) groups excluding carboxylic acids is 2. The van der Waals surface area contributed by atoms with Crippen LogP contribution >= 0.6 is 11.8 Å². The first-order valence-corrected chi connectivity index (χ1v) is 9.29. The Morgan fingerprint density at radius 3 is 2.46 bits per heavy atom. The predicted octanol–water partition coefficient (Wildman–Crippen LogP) is 3.92. The van der Waals surface area contributed by atoms with Crippen LogP contribution in [-0.2, 0) is 11.3 Å². The molecule has 2 aliphatic heterocycles. The van der Waals surface area contributed by atoms with Crippen LogP contribution in [0, 0.1) is 0 Å². The molecule has 1 unspecified atom stereocenters. The number of hydrogen-bond donors (Lipinski definition) is 0. The summed E-state index contributed by atoms with van der Waals surface area (Å²) in [6, 6.07) is 14.5. The number of anilines is 1. The van der Waals surface area contributed by atoms with Gasteiger partial charge >= 0.3 is 6.03 Å². The maximum Gasteiger partial charge on any atom is 0.332 e. The molecule has 2 aromatic carbocycles. The lowest BCUT2D eigenvalue weighted by molar-refractivity contribution is -0.128. The number of para-hydroxylation sites is 1. The summed E-state index contributed by atoms with van der Waals surface area (Å²) in [4.78, 5) is 30.3. The summed E-state index contributed by atoms with van der Waals surface area (Å²) in [5.41, 5.74) is 1.71. The van der Waals surface area contributed by atoms with Crippen LogP contribution in [0.25, 0.3) is 0 Å². The zero-order chi connectivity index (χ0) is 18.5. The summed E-state index contributed by atoms with van der Waals surface area (Å²) in [7, 11) is 1.61. The van der Waals surface area contributed by atoms with Crippen LogP contribution in [0.1, 0.15) is 19.4 Å². The highest BCUT2D eigenvalue weighted by atomic mass is 32.2. The third-order valence-corrected chi connectivity index (χ3v) is 6.17. The molecule has 0 N–H and O–H groups in total. The van der Waals surface area contributed by atoms with Gasteiger partial charge in [-0.15, -0.1) is 11.8 Å². The molecule has 2 aliphatic rings. The second-order valence-corrected chi connectivity index (χ2v) is 8.70. The van der Waals surface area contributed by atoms with Gasteiger partial charge in [-0.2, -0.15) is 0 Å². The molecule has 0 bridgehead atoms. The molecule has 1 fully saturated rings. The standard InChI is InChI=1S/C20H20N2O3S/c1-20(2)17-18(23)21(12-13-8-10-14(25-3)11-9-13)19(24)22(17)15-6-4-5-7-16(15)26-20/h4-11,17H,12H2,1-3H3. The third-order valence-electron chi connectivity index (χ3n) is 4.85. The van der Waals surface area contributed by atoms with Gasteiger partial charge < -0.3 is 4.74 Å². The number of fused-ring (bicyclic) bond motifs is 3. The van der Waals surface area contributed by atoms with Crippen molar-refractivity contribution in [2.45, 2.75) is 36.1 Å². The fourth-order valence-corrected chi connectivity index (χ4v) is 4.89. The molecule has 0 spiro atoms. The van der Waals surface area contributed by atoms with Crippen LogP contribution in [0.5, 0.6) is 5.75 Å². The van der Waals surface area contributed by atoms with Crippen LogP contribution in [0.15, 0.2) is 53.4 Å². The summed E-state index contributed by atoms with van der Waals surface area (Å²) in [6.45, 7) is 4.30. The summed E-state index contributed by atoms with van der Waals surface area (Å²) < 4.78 is 4.77. The highest BCUT2D eigenvalue weighted by Gasteiger charge is 2.56. The van der Waals surface area contributed by atoms with E-state index in [2.05, 4.69) is 0 Å². The maximum atomic E-state index is 13.1. The zero-order valence-electron chi connectivity index (χ0n) is 14.9. The number of ether oxygens (including phenoxy) is 1. The van der Waals surface area contributed by atoms with E-state index in [1.807, 2.05) is 62.4 Å². The number of methoxy groups -OCH3 is 1. The van der Waals surface area contributed by atoms with Gasteiger partial charge in [0, 0.05) is 9.64 Å². The van der Waals surface area contributed by atoms with Gasteiger partial charge in [-0.3, -0.25) is 14.6 Å². The third kappa shape index (κ3) is 2.56. The monoisotopic (exact) mass is 368 g/mol. The maximum absolute atomic E-state index is 13.1. The number of amides is 3. The summed E-state index contributed by atoms with van der Waals surface area (Å²) in [5, 5.41) is 0. The van der Waals surface area contributed by atoms with Gasteiger partial charge in [-0.05, 0) is 43.7 Å². The summed E-state index contributed by atoms with van der Waals surface area (Å²) in [5.74, 6) is 0.606. The predicted molar refractivity (Wildman–Crippen MR) is 102 cm³/mol. The van der Waals surface area contributed by atoms with Gasteiger partial charge in [0.25, 0.3) is 5.91 Å². The molecule has 2 heterocycles. The van der Waals surface area contributed by atoms with Gasteiger partial charge in [0.1, 0.15) is 11.8 Å². The van der Waals surface area contributed by atoms with Gasteiger partial charge in [0.05, 0.1) is 19.3 Å². The first kappa shape index (κ1) is 17.0. The van der Waals surface area contributed by atoms with E-state index in [0.717, 1.165) is 21.9 Å². The second-order valence-electron chi connectivity index (χ2n) is 7.00. The second kappa shape index (κ2) is 6.06. The van der Waals surface area contributed by atoms with Crippen molar-refractivity contribution in [3.05, 3.63) is 54.1 Å². The SMILES string of the molecule is COc1ccc(CN2C(=O)C3N(C2=O)c2ccccc2SC3(C)C)cc1. The van der Waals surface area contributed by atoms with E-state index in [1.165, 1.54) is 4.90 Å². The Hall–Kier alpha value is -2.47. The number of urea groups is 1. The Bertz CT molecular complexity index is 879. The molecule has 3 amide bonds. The first-order chi connectivity index (χ1) is 12.4. The fraction of sp³-hybridized carbons (Fsp3) is 0.300. The molecule has 6 heteroatoms. The van der Waals surface area contributed by atoms with Crippen LogP contribution in [0.4, 0.5) is 10.5 Å².